The van der Waals surface area contributed by atoms with Crippen molar-refractivity contribution >= 4 is 28.1 Å². The highest BCUT2D eigenvalue weighted by Gasteiger charge is 2.36. The third-order valence-electron chi connectivity index (χ3n) is 3.77. The molecule has 1 atom stereocenters. The highest BCUT2D eigenvalue weighted by atomic mass is 35.5. The molecule has 1 aromatic carbocycles. The van der Waals surface area contributed by atoms with E-state index in [0.29, 0.717) is 25.9 Å². The maximum absolute atomic E-state index is 14.0. The van der Waals surface area contributed by atoms with E-state index >= 15 is 0 Å². The van der Waals surface area contributed by atoms with Gasteiger partial charge in [-0.05, 0) is 26.0 Å². The van der Waals surface area contributed by atoms with Crippen molar-refractivity contribution in [3.05, 3.63) is 28.1 Å². The first kappa shape index (κ1) is 20.6. The lowest BCUT2D eigenvalue weighted by Gasteiger charge is -2.24. The topological polar surface area (TPSA) is 102 Å². The second kappa shape index (κ2) is 8.06. The van der Waals surface area contributed by atoms with Crippen LogP contribution in [-0.2, 0) is 10.0 Å². The lowest BCUT2D eigenvalue weighted by molar-refractivity contribution is -0.386. The largest absolute Gasteiger partial charge is 0.488 e. The molecule has 2 rings (SSSR count). The average molecular weight is 384 g/mol. The van der Waals surface area contributed by atoms with Crippen LogP contribution < -0.4 is 10.1 Å². The van der Waals surface area contributed by atoms with E-state index in [1.807, 2.05) is 0 Å². The predicted octanol–water partition coefficient (Wildman–Crippen LogP) is 1.54. The summed E-state index contributed by atoms with van der Waals surface area (Å²) < 4.78 is 45.4. The molecule has 0 aliphatic carbocycles. The summed E-state index contributed by atoms with van der Waals surface area (Å²) in [5, 5.41) is 14.0. The molecule has 0 saturated carbocycles. The van der Waals surface area contributed by atoms with E-state index in [1.165, 1.54) is 4.31 Å². The van der Waals surface area contributed by atoms with E-state index in [2.05, 4.69) is 10.1 Å². The molecule has 11 heteroatoms. The Hall–Kier alpha value is -1.49. The minimum atomic E-state index is -4.02. The van der Waals surface area contributed by atoms with E-state index in [-0.39, 0.29) is 18.4 Å². The third-order valence-corrected chi connectivity index (χ3v) is 5.70. The Kier molecular flexibility index (Phi) is 6.90. The zero-order valence-electron chi connectivity index (χ0n) is 13.2. The van der Waals surface area contributed by atoms with Crippen molar-refractivity contribution < 1.29 is 22.5 Å². The SMILES string of the molecule is CNCC1CCCN1S(=O)(=O)c1cc(F)c(OC)c([N+](=O)[O-])c1.Cl. The van der Waals surface area contributed by atoms with Crippen LogP contribution in [0.5, 0.6) is 5.75 Å². The number of nitrogens with one attached hydrogen (secondary N) is 1. The van der Waals surface area contributed by atoms with Crippen molar-refractivity contribution in [2.24, 2.45) is 0 Å². The van der Waals surface area contributed by atoms with Crippen LogP contribution in [0, 0.1) is 15.9 Å². The van der Waals surface area contributed by atoms with E-state index in [0.717, 1.165) is 19.2 Å². The summed E-state index contributed by atoms with van der Waals surface area (Å²) in [5.41, 5.74) is -0.713. The van der Waals surface area contributed by atoms with E-state index in [1.54, 1.807) is 7.05 Å². The second-order valence-corrected chi connectivity index (χ2v) is 7.07. The molecular weight excluding hydrogens is 365 g/mol. The summed E-state index contributed by atoms with van der Waals surface area (Å²) in [6.07, 6.45) is 1.37. The molecule has 0 aromatic heterocycles. The van der Waals surface area contributed by atoms with Crippen LogP contribution >= 0.6 is 12.4 Å². The van der Waals surface area contributed by atoms with Gasteiger partial charge in [-0.15, -0.1) is 12.4 Å². The van der Waals surface area contributed by atoms with Crippen molar-refractivity contribution in [3.8, 4) is 5.75 Å². The highest BCUT2D eigenvalue weighted by Crippen LogP contribution is 2.35. The number of halogens is 2. The summed E-state index contributed by atoms with van der Waals surface area (Å²) in [4.78, 5) is 9.74. The number of ether oxygens (including phenoxy) is 1. The van der Waals surface area contributed by atoms with Gasteiger partial charge in [0.25, 0.3) is 0 Å². The molecular formula is C13H19ClFN3O5S. The number of likely N-dealkylation sites (N-methyl/N-ethyl adjacent to an activating group) is 1. The summed E-state index contributed by atoms with van der Waals surface area (Å²) in [6.45, 7) is 0.760. The number of benzene rings is 1. The number of hydrogen-bond acceptors (Lipinski definition) is 6. The summed E-state index contributed by atoms with van der Waals surface area (Å²) in [6, 6.07) is 1.34. The fourth-order valence-corrected chi connectivity index (χ4v) is 4.47. The van der Waals surface area contributed by atoms with Gasteiger partial charge in [0.15, 0.2) is 5.82 Å². The molecule has 1 aliphatic heterocycles. The maximum Gasteiger partial charge on any atom is 0.315 e. The van der Waals surface area contributed by atoms with Crippen LogP contribution in [-0.4, -0.2) is 50.9 Å². The van der Waals surface area contributed by atoms with Crippen molar-refractivity contribution in [1.29, 1.82) is 0 Å². The Labute approximate surface area is 145 Å². The van der Waals surface area contributed by atoms with Crippen molar-refractivity contribution in [2.75, 3.05) is 27.2 Å². The Morgan fingerprint density at radius 3 is 2.71 bits per heavy atom. The van der Waals surface area contributed by atoms with Gasteiger partial charge in [0, 0.05) is 25.2 Å². The van der Waals surface area contributed by atoms with Gasteiger partial charge in [0.1, 0.15) is 0 Å². The Morgan fingerprint density at radius 1 is 1.50 bits per heavy atom. The van der Waals surface area contributed by atoms with Gasteiger partial charge >= 0.3 is 5.69 Å². The van der Waals surface area contributed by atoms with Gasteiger partial charge in [-0.2, -0.15) is 4.31 Å². The smallest absolute Gasteiger partial charge is 0.315 e. The fraction of sp³-hybridized carbons (Fsp3) is 0.538. The zero-order valence-corrected chi connectivity index (χ0v) is 14.8. The molecule has 1 aliphatic rings. The van der Waals surface area contributed by atoms with E-state index < -0.39 is 37.1 Å². The first-order valence-corrected chi connectivity index (χ1v) is 8.45. The molecule has 8 nitrogen and oxygen atoms in total. The molecule has 24 heavy (non-hydrogen) atoms. The predicted molar refractivity (Wildman–Crippen MR) is 87.7 cm³/mol. The standard InChI is InChI=1S/C13H18FN3O5S.ClH/c1-15-8-9-4-3-5-16(9)23(20,21)10-6-11(14)13(22-2)12(7-10)17(18)19;/h6-7,9,15H,3-5,8H2,1-2H3;1H. The minimum absolute atomic E-state index is 0. The number of methoxy groups -OCH3 is 1. The number of rotatable bonds is 6. The number of nitro benzene ring substituents is 1. The second-order valence-electron chi connectivity index (χ2n) is 5.18. The van der Waals surface area contributed by atoms with Crippen LogP contribution in [0.4, 0.5) is 10.1 Å². The molecule has 0 spiro atoms. The lowest BCUT2D eigenvalue weighted by Crippen LogP contribution is -2.40. The molecule has 1 aromatic rings. The highest BCUT2D eigenvalue weighted by molar-refractivity contribution is 7.89. The van der Waals surface area contributed by atoms with Gasteiger partial charge in [-0.1, -0.05) is 0 Å². The molecule has 1 saturated heterocycles. The fourth-order valence-electron chi connectivity index (χ4n) is 2.74. The molecule has 136 valence electrons. The number of hydrogen-bond donors (Lipinski definition) is 1. The summed E-state index contributed by atoms with van der Waals surface area (Å²) >= 11 is 0. The van der Waals surface area contributed by atoms with E-state index in [4.69, 9.17) is 0 Å². The van der Waals surface area contributed by atoms with Crippen molar-refractivity contribution in [1.82, 2.24) is 9.62 Å². The molecule has 1 N–H and O–H groups in total. The number of nitro groups is 1. The normalized spacial score (nSPS) is 18.2. The van der Waals surface area contributed by atoms with Crippen molar-refractivity contribution in [3.63, 3.8) is 0 Å². The quantitative estimate of drug-likeness (QED) is 0.590. The Bertz CT molecular complexity index is 716. The Morgan fingerprint density at radius 2 is 2.17 bits per heavy atom. The van der Waals surface area contributed by atoms with E-state index in [9.17, 15) is 22.9 Å². The van der Waals surface area contributed by atoms with Crippen LogP contribution in [0.3, 0.4) is 0 Å². The third kappa shape index (κ3) is 3.77. The minimum Gasteiger partial charge on any atom is -0.488 e. The van der Waals surface area contributed by atoms with Crippen LogP contribution in [0.1, 0.15) is 12.8 Å². The van der Waals surface area contributed by atoms with Gasteiger partial charge in [0.2, 0.25) is 15.8 Å². The number of nitrogens with zero attached hydrogens (tertiary/aromatic N) is 2. The molecule has 1 fully saturated rings. The molecule has 0 bridgehead atoms. The average Bonchev–Trinajstić information content (AvgIpc) is 2.95. The number of sulfonamides is 1. The molecule has 1 heterocycles. The lowest BCUT2D eigenvalue weighted by atomic mass is 10.2. The first-order valence-electron chi connectivity index (χ1n) is 7.01. The molecule has 0 radical (unpaired) electrons. The first-order chi connectivity index (χ1) is 10.8. The molecule has 0 amide bonds. The maximum atomic E-state index is 14.0. The van der Waals surface area contributed by atoms with Gasteiger partial charge in [-0.25, -0.2) is 12.8 Å². The molecule has 1 unspecified atom stereocenters. The van der Waals surface area contributed by atoms with Gasteiger partial charge in [0.05, 0.1) is 16.9 Å². The van der Waals surface area contributed by atoms with Crippen LogP contribution in [0.2, 0.25) is 0 Å². The monoisotopic (exact) mass is 383 g/mol. The summed E-state index contributed by atoms with van der Waals surface area (Å²) in [7, 11) is -1.22. The van der Waals surface area contributed by atoms with Crippen LogP contribution in [0.15, 0.2) is 17.0 Å². The Balaban J connectivity index is 0.00000288. The summed E-state index contributed by atoms with van der Waals surface area (Å²) in [5.74, 6) is -1.66. The van der Waals surface area contributed by atoms with Gasteiger partial charge < -0.3 is 10.1 Å². The van der Waals surface area contributed by atoms with Gasteiger partial charge in [-0.3, -0.25) is 10.1 Å². The van der Waals surface area contributed by atoms with Crippen LogP contribution in [0.25, 0.3) is 0 Å². The zero-order chi connectivity index (χ0) is 17.2. The van der Waals surface area contributed by atoms with Crippen molar-refractivity contribution in [2.45, 2.75) is 23.8 Å².